The van der Waals surface area contributed by atoms with Crippen LogP contribution in [-0.4, -0.2) is 21.4 Å². The standard InChI is InChI=1S/C22H9F4N2.C7H6O2.Ir/c23-17-15-12-8-4-5-9-13(12)21-22(16(15)18(24)20(26)19(17)25)28-14(10-27-21)11-6-2-1-3-7-11;8-5-6-3-1-2-4-7(6)9;/h1-8,10H;1-5,9H;/q-1;;. The molecule has 0 bridgehead atoms. The molecular formula is C29H15F4IrN2O2-. The monoisotopic (exact) mass is 692 g/mol. The Hall–Kier alpha value is -4.20. The predicted octanol–water partition coefficient (Wildman–Crippen LogP) is 7.16. The number of nitrogens with zero attached hydrogens (tertiary/aromatic N) is 2. The predicted molar refractivity (Wildman–Crippen MR) is 132 cm³/mol. The van der Waals surface area contributed by atoms with Gasteiger partial charge in [0.25, 0.3) is 0 Å². The molecule has 0 atom stereocenters. The van der Waals surface area contributed by atoms with E-state index in [0.29, 0.717) is 28.5 Å². The molecule has 38 heavy (non-hydrogen) atoms. The van der Waals surface area contributed by atoms with Gasteiger partial charge in [-0.25, -0.2) is 17.6 Å². The molecule has 9 heteroatoms. The topological polar surface area (TPSA) is 63.1 Å². The van der Waals surface area contributed by atoms with Gasteiger partial charge in [-0.1, -0.05) is 47.9 Å². The van der Waals surface area contributed by atoms with E-state index in [-0.39, 0.29) is 47.7 Å². The van der Waals surface area contributed by atoms with Gasteiger partial charge in [-0.15, -0.1) is 29.7 Å². The molecule has 1 aromatic heterocycles. The van der Waals surface area contributed by atoms with Gasteiger partial charge in [0, 0.05) is 42.8 Å². The number of para-hydroxylation sites is 1. The third-order valence-electron chi connectivity index (χ3n) is 5.77. The number of carbonyl (C=O) groups is 1. The van der Waals surface area contributed by atoms with E-state index in [0.717, 1.165) is 0 Å². The van der Waals surface area contributed by atoms with Crippen molar-refractivity contribution in [2.24, 2.45) is 0 Å². The summed E-state index contributed by atoms with van der Waals surface area (Å²) in [4.78, 5) is 18.8. The van der Waals surface area contributed by atoms with Crippen LogP contribution in [0.5, 0.6) is 5.75 Å². The number of aromatic nitrogens is 2. The normalized spacial score (nSPS) is 10.6. The first kappa shape index (κ1) is 26.9. The van der Waals surface area contributed by atoms with Gasteiger partial charge in [0.05, 0.1) is 16.8 Å². The smallest absolute Gasteiger partial charge is 0.198 e. The Morgan fingerprint density at radius 2 is 1.42 bits per heavy atom. The summed E-state index contributed by atoms with van der Waals surface area (Å²) in [5, 5.41) is 8.59. The zero-order chi connectivity index (χ0) is 26.1. The Balaban J connectivity index is 0.000000288. The summed E-state index contributed by atoms with van der Waals surface area (Å²) in [6.07, 6.45) is 2.12. The Morgan fingerprint density at radius 1 is 0.763 bits per heavy atom. The van der Waals surface area contributed by atoms with Crippen LogP contribution in [0.15, 0.2) is 79.0 Å². The molecule has 1 N–H and O–H groups in total. The molecule has 191 valence electrons. The Kier molecular flexibility index (Phi) is 7.80. The van der Waals surface area contributed by atoms with Crippen molar-refractivity contribution in [2.75, 3.05) is 0 Å². The van der Waals surface area contributed by atoms with Crippen LogP contribution in [0.4, 0.5) is 17.6 Å². The summed E-state index contributed by atoms with van der Waals surface area (Å²) < 4.78 is 57.4. The number of aldehydes is 1. The van der Waals surface area contributed by atoms with Crippen LogP contribution in [0.3, 0.4) is 0 Å². The molecule has 0 aliphatic heterocycles. The van der Waals surface area contributed by atoms with Crippen LogP contribution in [0.2, 0.25) is 0 Å². The van der Waals surface area contributed by atoms with Gasteiger partial charge >= 0.3 is 0 Å². The van der Waals surface area contributed by atoms with E-state index in [1.54, 1.807) is 54.6 Å². The van der Waals surface area contributed by atoms with E-state index in [1.807, 2.05) is 6.07 Å². The van der Waals surface area contributed by atoms with E-state index in [4.69, 9.17) is 5.11 Å². The number of hydrogen-bond donors (Lipinski definition) is 1. The number of fused-ring (bicyclic) bond motifs is 6. The van der Waals surface area contributed by atoms with Gasteiger partial charge in [0.2, 0.25) is 0 Å². The molecule has 0 saturated carbocycles. The first-order chi connectivity index (χ1) is 17.9. The molecule has 0 aliphatic rings. The summed E-state index contributed by atoms with van der Waals surface area (Å²) in [6.45, 7) is 0. The van der Waals surface area contributed by atoms with E-state index in [1.165, 1.54) is 18.3 Å². The minimum Gasteiger partial charge on any atom is -0.507 e. The van der Waals surface area contributed by atoms with Crippen molar-refractivity contribution in [1.82, 2.24) is 9.97 Å². The first-order valence-corrected chi connectivity index (χ1v) is 11.0. The molecule has 0 fully saturated rings. The molecular weight excluding hydrogens is 677 g/mol. The largest absolute Gasteiger partial charge is 0.507 e. The first-order valence-electron chi connectivity index (χ1n) is 11.0. The molecule has 5 aromatic carbocycles. The van der Waals surface area contributed by atoms with Crippen LogP contribution in [0, 0.1) is 29.3 Å². The SMILES string of the molecule is Fc1c(F)c(F)c2c3nc(-c4ccccc4)cnc3c3[c-]cccc3c2c1F.O=Cc1ccccc1O.[Ir]. The van der Waals surface area contributed by atoms with Gasteiger partial charge in [-0.05, 0) is 17.5 Å². The number of aromatic hydroxyl groups is 1. The van der Waals surface area contributed by atoms with Crippen molar-refractivity contribution in [3.63, 3.8) is 0 Å². The summed E-state index contributed by atoms with van der Waals surface area (Å²) in [6, 6.07) is 22.9. The average Bonchev–Trinajstić information content (AvgIpc) is 2.95. The fraction of sp³-hybridized carbons (Fsp3) is 0. The second-order valence-electron chi connectivity index (χ2n) is 7.96. The number of benzene rings is 5. The van der Waals surface area contributed by atoms with Gasteiger partial charge in [-0.3, -0.25) is 9.78 Å². The Labute approximate surface area is 226 Å². The van der Waals surface area contributed by atoms with Crippen molar-refractivity contribution < 1.29 is 47.6 Å². The fourth-order valence-corrected chi connectivity index (χ4v) is 4.03. The van der Waals surface area contributed by atoms with Gasteiger partial charge in [0.1, 0.15) is 5.75 Å². The Morgan fingerprint density at radius 3 is 2.08 bits per heavy atom. The van der Waals surface area contributed by atoms with Crippen molar-refractivity contribution in [2.45, 2.75) is 0 Å². The maximum Gasteiger partial charge on any atom is 0.198 e. The summed E-state index contributed by atoms with van der Waals surface area (Å²) in [5.74, 6) is -6.66. The molecule has 0 amide bonds. The minimum atomic E-state index is -1.88. The maximum absolute atomic E-state index is 14.8. The molecule has 4 nitrogen and oxygen atoms in total. The third kappa shape index (κ3) is 4.62. The van der Waals surface area contributed by atoms with Gasteiger partial charge in [-0.2, -0.15) is 0 Å². The Bertz CT molecular complexity index is 1810. The number of halogens is 4. The van der Waals surface area contributed by atoms with Crippen LogP contribution in [0.25, 0.3) is 43.8 Å². The molecule has 0 saturated heterocycles. The molecule has 0 aliphatic carbocycles. The summed E-state index contributed by atoms with van der Waals surface area (Å²) in [5.41, 5.74) is 1.60. The number of rotatable bonds is 2. The van der Waals surface area contributed by atoms with E-state index in [2.05, 4.69) is 16.0 Å². The number of phenols is 1. The maximum atomic E-state index is 14.8. The zero-order valence-electron chi connectivity index (χ0n) is 19.2. The quantitative estimate of drug-likeness (QED) is 0.0523. The molecule has 6 rings (SSSR count). The van der Waals surface area contributed by atoms with Crippen LogP contribution < -0.4 is 0 Å². The molecule has 6 aromatic rings. The number of carbonyl (C=O) groups excluding carboxylic acids is 1. The average molecular weight is 692 g/mol. The van der Waals surface area contributed by atoms with E-state index in [9.17, 15) is 22.4 Å². The molecule has 1 heterocycles. The van der Waals surface area contributed by atoms with Crippen LogP contribution in [0.1, 0.15) is 10.4 Å². The second-order valence-corrected chi connectivity index (χ2v) is 7.96. The van der Waals surface area contributed by atoms with Crippen molar-refractivity contribution in [3.05, 3.63) is 114 Å². The number of phenolic OH excluding ortho intramolecular Hbond substituents is 1. The van der Waals surface area contributed by atoms with E-state index >= 15 is 0 Å². The number of hydrogen-bond acceptors (Lipinski definition) is 4. The zero-order valence-corrected chi connectivity index (χ0v) is 21.6. The van der Waals surface area contributed by atoms with Crippen LogP contribution >= 0.6 is 0 Å². The molecule has 1 radical (unpaired) electrons. The fourth-order valence-electron chi connectivity index (χ4n) is 4.03. The second kappa shape index (κ2) is 11.0. The molecule has 0 unspecified atom stereocenters. The van der Waals surface area contributed by atoms with Crippen molar-refractivity contribution >= 4 is 38.9 Å². The summed E-state index contributed by atoms with van der Waals surface area (Å²) in [7, 11) is 0. The van der Waals surface area contributed by atoms with Gasteiger partial charge in [0.15, 0.2) is 29.6 Å². The van der Waals surface area contributed by atoms with Crippen molar-refractivity contribution in [1.29, 1.82) is 0 Å². The minimum absolute atomic E-state index is 0. The van der Waals surface area contributed by atoms with Crippen LogP contribution in [-0.2, 0) is 20.1 Å². The summed E-state index contributed by atoms with van der Waals surface area (Å²) >= 11 is 0. The van der Waals surface area contributed by atoms with E-state index < -0.39 is 28.7 Å². The van der Waals surface area contributed by atoms with Crippen molar-refractivity contribution in [3.8, 4) is 17.0 Å². The molecule has 0 spiro atoms. The van der Waals surface area contributed by atoms with Gasteiger partial charge < -0.3 is 10.1 Å². The third-order valence-corrected chi connectivity index (χ3v) is 5.77.